The van der Waals surface area contributed by atoms with Gasteiger partial charge in [-0.3, -0.25) is 4.79 Å². The van der Waals surface area contributed by atoms with Crippen molar-refractivity contribution in [3.63, 3.8) is 0 Å². The van der Waals surface area contributed by atoms with Crippen LogP contribution in [0.25, 0.3) is 5.65 Å². The number of hydrogen-bond acceptors (Lipinski definition) is 6. The van der Waals surface area contributed by atoms with Crippen LogP contribution < -0.4 is 10.6 Å². The van der Waals surface area contributed by atoms with E-state index in [0.717, 1.165) is 0 Å². The number of carbonyl (C=O) groups is 1. The molecule has 2 aromatic heterocycles. The second-order valence-corrected chi connectivity index (χ2v) is 5.35. The third-order valence-corrected chi connectivity index (χ3v) is 2.33. The minimum Gasteiger partial charge on any atom is -0.357 e. The predicted octanol–water partition coefficient (Wildman–Crippen LogP) is 0.234. The lowest BCUT2D eigenvalue weighted by atomic mass is 10.1. The maximum atomic E-state index is 11.9. The first kappa shape index (κ1) is 13.2. The molecular weight excluding hydrogens is 246 g/mol. The summed E-state index contributed by atoms with van der Waals surface area (Å²) in [6.07, 6.45) is 0. The zero-order chi connectivity index (χ0) is 14.0. The van der Waals surface area contributed by atoms with Crippen molar-refractivity contribution in [3.05, 3.63) is 12.1 Å². The summed E-state index contributed by atoms with van der Waals surface area (Å²) >= 11 is 0. The van der Waals surface area contributed by atoms with E-state index in [9.17, 15) is 4.79 Å². The molecule has 8 nitrogen and oxygen atoms in total. The zero-order valence-corrected chi connectivity index (χ0v) is 11.4. The summed E-state index contributed by atoms with van der Waals surface area (Å²) in [7, 11) is 0. The SMILES string of the molecule is CC(Nc1ccc2nnnn2n1)C(=O)NC(C)(C)C. The number of carbonyl (C=O) groups excluding carboxylic acids is 1. The molecule has 0 aliphatic rings. The fourth-order valence-corrected chi connectivity index (χ4v) is 1.49. The molecule has 8 heteroatoms. The Hall–Kier alpha value is -2.25. The van der Waals surface area contributed by atoms with Gasteiger partial charge in [0, 0.05) is 5.54 Å². The molecule has 1 unspecified atom stereocenters. The lowest BCUT2D eigenvalue weighted by Gasteiger charge is -2.23. The van der Waals surface area contributed by atoms with Crippen LogP contribution in [0, 0.1) is 0 Å². The van der Waals surface area contributed by atoms with Crippen LogP contribution in [0.15, 0.2) is 12.1 Å². The van der Waals surface area contributed by atoms with Crippen LogP contribution in [0.1, 0.15) is 27.7 Å². The predicted molar refractivity (Wildman–Crippen MR) is 69.6 cm³/mol. The number of fused-ring (bicyclic) bond motifs is 1. The van der Waals surface area contributed by atoms with Crippen LogP contribution >= 0.6 is 0 Å². The van der Waals surface area contributed by atoms with Crippen LogP contribution in [0.2, 0.25) is 0 Å². The van der Waals surface area contributed by atoms with E-state index in [4.69, 9.17) is 0 Å². The lowest BCUT2D eigenvalue weighted by Crippen LogP contribution is -2.47. The van der Waals surface area contributed by atoms with Crippen molar-refractivity contribution < 1.29 is 4.79 Å². The third-order valence-electron chi connectivity index (χ3n) is 2.33. The Labute approximate surface area is 110 Å². The maximum Gasteiger partial charge on any atom is 0.242 e. The summed E-state index contributed by atoms with van der Waals surface area (Å²) in [5, 5.41) is 21.0. The molecule has 0 aromatic carbocycles. The molecule has 0 fully saturated rings. The first-order valence-electron chi connectivity index (χ1n) is 5.99. The molecule has 0 spiro atoms. The third kappa shape index (κ3) is 3.36. The molecule has 0 saturated heterocycles. The van der Waals surface area contributed by atoms with Crippen LogP contribution in [0.3, 0.4) is 0 Å². The van der Waals surface area contributed by atoms with Crippen molar-refractivity contribution in [2.24, 2.45) is 0 Å². The van der Waals surface area contributed by atoms with Gasteiger partial charge in [0.15, 0.2) is 5.65 Å². The number of hydrogen-bond donors (Lipinski definition) is 2. The Balaban J connectivity index is 2.05. The molecular formula is C11H17N7O. The molecule has 0 aliphatic heterocycles. The van der Waals surface area contributed by atoms with Crippen LogP contribution in [0.5, 0.6) is 0 Å². The topological polar surface area (TPSA) is 97.1 Å². The fraction of sp³-hybridized carbons (Fsp3) is 0.545. The molecule has 2 heterocycles. The van der Waals surface area contributed by atoms with Crippen LogP contribution in [-0.2, 0) is 4.79 Å². The number of rotatable bonds is 3. The molecule has 2 rings (SSSR count). The Bertz CT molecular complexity index is 586. The molecule has 2 aromatic rings. The van der Waals surface area contributed by atoms with Crippen molar-refractivity contribution in [1.29, 1.82) is 0 Å². The molecule has 1 amide bonds. The number of aromatic nitrogens is 5. The molecule has 0 bridgehead atoms. The molecule has 0 radical (unpaired) electrons. The number of tetrazole rings is 1. The van der Waals surface area contributed by atoms with Crippen LogP contribution in [-0.4, -0.2) is 42.7 Å². The van der Waals surface area contributed by atoms with Crippen LogP contribution in [0.4, 0.5) is 5.82 Å². The summed E-state index contributed by atoms with van der Waals surface area (Å²) in [6, 6.07) is 3.05. The standard InChI is InChI=1S/C11H17N7O/c1-7(10(19)13-11(2,3)4)12-8-5-6-9-14-16-17-18(9)15-8/h5-7H,1-4H3,(H,12,15)(H,13,19). The highest BCUT2D eigenvalue weighted by Gasteiger charge is 2.19. The molecule has 0 saturated carbocycles. The number of nitrogens with zero attached hydrogens (tertiary/aromatic N) is 5. The number of anilines is 1. The van der Waals surface area contributed by atoms with Crippen molar-refractivity contribution in [3.8, 4) is 0 Å². The second kappa shape index (κ2) is 4.79. The van der Waals surface area contributed by atoms with E-state index < -0.39 is 6.04 Å². The highest BCUT2D eigenvalue weighted by atomic mass is 16.2. The smallest absolute Gasteiger partial charge is 0.242 e. The van der Waals surface area contributed by atoms with Gasteiger partial charge in [-0.2, -0.15) is 0 Å². The summed E-state index contributed by atoms with van der Waals surface area (Å²) < 4.78 is 1.30. The Kier molecular flexibility index (Phi) is 3.32. The van der Waals surface area contributed by atoms with Gasteiger partial charge in [-0.25, -0.2) is 0 Å². The summed E-state index contributed by atoms with van der Waals surface area (Å²) in [5.74, 6) is 0.447. The maximum absolute atomic E-state index is 11.9. The van der Waals surface area contributed by atoms with E-state index in [1.54, 1.807) is 19.1 Å². The summed E-state index contributed by atoms with van der Waals surface area (Å²) in [4.78, 5) is 11.9. The average Bonchev–Trinajstić information content (AvgIpc) is 2.73. The van der Waals surface area contributed by atoms with Gasteiger partial charge in [-0.1, -0.05) is 0 Å². The quantitative estimate of drug-likeness (QED) is 0.823. The largest absolute Gasteiger partial charge is 0.357 e. The van der Waals surface area contributed by atoms with Crippen molar-refractivity contribution in [1.82, 2.24) is 30.6 Å². The van der Waals surface area contributed by atoms with E-state index in [2.05, 4.69) is 31.3 Å². The normalized spacial score (nSPS) is 13.3. The fourth-order valence-electron chi connectivity index (χ4n) is 1.49. The minimum absolute atomic E-state index is 0.0916. The van der Waals surface area contributed by atoms with Gasteiger partial charge < -0.3 is 10.6 Å². The first-order valence-corrected chi connectivity index (χ1v) is 5.99. The first-order chi connectivity index (χ1) is 8.85. The van der Waals surface area contributed by atoms with Gasteiger partial charge in [-0.05, 0) is 50.3 Å². The zero-order valence-electron chi connectivity index (χ0n) is 11.4. The van der Waals surface area contributed by atoms with Gasteiger partial charge in [0.25, 0.3) is 0 Å². The molecule has 19 heavy (non-hydrogen) atoms. The van der Waals surface area contributed by atoms with E-state index in [0.29, 0.717) is 11.5 Å². The second-order valence-electron chi connectivity index (χ2n) is 5.35. The minimum atomic E-state index is -0.402. The van der Waals surface area contributed by atoms with E-state index >= 15 is 0 Å². The molecule has 1 atom stereocenters. The Morgan fingerprint density at radius 2 is 2.11 bits per heavy atom. The average molecular weight is 263 g/mol. The van der Waals surface area contributed by atoms with E-state index in [-0.39, 0.29) is 11.4 Å². The van der Waals surface area contributed by atoms with Gasteiger partial charge in [-0.15, -0.1) is 14.8 Å². The van der Waals surface area contributed by atoms with Gasteiger partial charge in [0.1, 0.15) is 11.9 Å². The number of amides is 1. The molecule has 102 valence electrons. The Morgan fingerprint density at radius 1 is 1.37 bits per heavy atom. The van der Waals surface area contributed by atoms with Crippen molar-refractivity contribution in [2.75, 3.05) is 5.32 Å². The van der Waals surface area contributed by atoms with E-state index in [1.807, 2.05) is 20.8 Å². The summed E-state index contributed by atoms with van der Waals surface area (Å²) in [5.41, 5.74) is 0.289. The van der Waals surface area contributed by atoms with Gasteiger partial charge in [0.2, 0.25) is 5.91 Å². The Morgan fingerprint density at radius 3 is 2.79 bits per heavy atom. The highest BCUT2D eigenvalue weighted by molar-refractivity contribution is 5.84. The number of nitrogens with one attached hydrogen (secondary N) is 2. The molecule has 0 aliphatic carbocycles. The van der Waals surface area contributed by atoms with E-state index in [1.165, 1.54) is 4.63 Å². The van der Waals surface area contributed by atoms with Gasteiger partial charge >= 0.3 is 0 Å². The van der Waals surface area contributed by atoms with Crippen molar-refractivity contribution in [2.45, 2.75) is 39.3 Å². The highest BCUT2D eigenvalue weighted by Crippen LogP contribution is 2.06. The van der Waals surface area contributed by atoms with Crippen molar-refractivity contribution >= 4 is 17.4 Å². The van der Waals surface area contributed by atoms with Gasteiger partial charge in [0.05, 0.1) is 0 Å². The molecule has 2 N–H and O–H groups in total. The monoisotopic (exact) mass is 263 g/mol. The lowest BCUT2D eigenvalue weighted by molar-refractivity contribution is -0.122. The summed E-state index contributed by atoms with van der Waals surface area (Å²) in [6.45, 7) is 7.57.